The second-order valence-electron chi connectivity index (χ2n) is 6.86. The Labute approximate surface area is 158 Å². The molecular formula is C21H23N5O. The molecule has 0 aliphatic carbocycles. The number of nitrogens with zero attached hydrogens (tertiary/aromatic N) is 3. The molecule has 1 atom stereocenters. The fourth-order valence-electron chi connectivity index (χ4n) is 3.44. The van der Waals surface area contributed by atoms with Crippen molar-refractivity contribution in [3.05, 3.63) is 66.0 Å². The summed E-state index contributed by atoms with van der Waals surface area (Å²) >= 11 is 0. The number of carbonyl (C=O) groups excluding carboxylic acids is 1. The molecule has 2 aromatic carbocycles. The molecule has 3 aromatic rings. The van der Waals surface area contributed by atoms with Crippen molar-refractivity contribution in [1.29, 1.82) is 0 Å². The van der Waals surface area contributed by atoms with Gasteiger partial charge < -0.3 is 10.6 Å². The van der Waals surface area contributed by atoms with E-state index in [1.807, 2.05) is 37.3 Å². The van der Waals surface area contributed by atoms with Gasteiger partial charge in [0.25, 0.3) is 5.91 Å². The van der Waals surface area contributed by atoms with Crippen LogP contribution < -0.4 is 10.6 Å². The molecule has 2 heterocycles. The lowest BCUT2D eigenvalue weighted by Gasteiger charge is -2.23. The number of hydrogen-bond donors (Lipinski definition) is 2. The van der Waals surface area contributed by atoms with Crippen LogP contribution in [0.4, 0.5) is 0 Å². The average Bonchev–Trinajstić information content (AvgIpc) is 3.11. The minimum absolute atomic E-state index is 0.154. The zero-order chi connectivity index (χ0) is 18.6. The molecule has 1 fully saturated rings. The molecule has 27 heavy (non-hydrogen) atoms. The molecule has 0 unspecified atom stereocenters. The van der Waals surface area contributed by atoms with Gasteiger partial charge in [-0.25, -0.2) is 4.68 Å². The number of nitrogens with one attached hydrogen (secondary N) is 2. The van der Waals surface area contributed by atoms with Gasteiger partial charge >= 0.3 is 0 Å². The minimum Gasteiger partial charge on any atom is -0.347 e. The predicted octanol–water partition coefficient (Wildman–Crippen LogP) is 2.72. The number of carbonyl (C=O) groups is 1. The van der Waals surface area contributed by atoms with Crippen LogP contribution in [0.15, 0.2) is 54.6 Å². The second kappa shape index (κ2) is 7.72. The molecule has 0 saturated carbocycles. The molecule has 1 aromatic heterocycles. The normalized spacial score (nSPS) is 16.9. The van der Waals surface area contributed by atoms with Crippen LogP contribution >= 0.6 is 0 Å². The molecule has 1 saturated heterocycles. The zero-order valence-corrected chi connectivity index (χ0v) is 15.4. The highest BCUT2D eigenvalue weighted by atomic mass is 16.2. The van der Waals surface area contributed by atoms with E-state index in [4.69, 9.17) is 0 Å². The molecule has 0 spiro atoms. The highest BCUT2D eigenvalue weighted by molar-refractivity contribution is 5.93. The molecule has 1 aliphatic rings. The highest BCUT2D eigenvalue weighted by Crippen LogP contribution is 2.21. The maximum atomic E-state index is 12.6. The van der Waals surface area contributed by atoms with E-state index in [9.17, 15) is 4.79 Å². The van der Waals surface area contributed by atoms with E-state index < -0.39 is 0 Å². The number of hydrogen-bond acceptors (Lipinski definition) is 4. The molecule has 1 amide bonds. The van der Waals surface area contributed by atoms with E-state index >= 15 is 0 Å². The van der Waals surface area contributed by atoms with Crippen LogP contribution in [0.1, 0.15) is 29.0 Å². The number of amides is 1. The average molecular weight is 361 g/mol. The van der Waals surface area contributed by atoms with Crippen LogP contribution in [-0.2, 0) is 0 Å². The minimum atomic E-state index is -0.159. The van der Waals surface area contributed by atoms with Gasteiger partial charge in [0.2, 0.25) is 0 Å². The fourth-order valence-corrected chi connectivity index (χ4v) is 3.44. The summed E-state index contributed by atoms with van der Waals surface area (Å²) in [6.07, 6.45) is 2.07. The summed E-state index contributed by atoms with van der Waals surface area (Å²) in [4.78, 5) is 12.6. The summed E-state index contributed by atoms with van der Waals surface area (Å²) in [5.74, 6) is -0.159. The Kier molecular flexibility index (Phi) is 4.98. The number of rotatable bonds is 4. The zero-order valence-electron chi connectivity index (χ0n) is 15.4. The highest BCUT2D eigenvalue weighted by Gasteiger charge is 2.21. The summed E-state index contributed by atoms with van der Waals surface area (Å²) in [6.45, 7) is 3.69. The first-order chi connectivity index (χ1) is 13.2. The summed E-state index contributed by atoms with van der Waals surface area (Å²) in [7, 11) is 0. The molecule has 1 aliphatic heterocycles. The SMILES string of the molecule is Cc1c(C(=O)N[C@H]2CCCNC2)nnn1-c1ccc(-c2ccccc2)cc1. The Bertz CT molecular complexity index is 912. The molecule has 0 radical (unpaired) electrons. The third kappa shape index (κ3) is 3.75. The first kappa shape index (κ1) is 17.4. The van der Waals surface area contributed by atoms with Crippen molar-refractivity contribution in [1.82, 2.24) is 25.6 Å². The maximum Gasteiger partial charge on any atom is 0.274 e. The van der Waals surface area contributed by atoms with Gasteiger partial charge in [-0.15, -0.1) is 5.10 Å². The first-order valence-corrected chi connectivity index (χ1v) is 9.32. The topological polar surface area (TPSA) is 71.8 Å². The lowest BCUT2D eigenvalue weighted by molar-refractivity contribution is 0.0925. The van der Waals surface area contributed by atoms with E-state index in [2.05, 4.69) is 45.2 Å². The van der Waals surface area contributed by atoms with Crippen LogP contribution in [0.5, 0.6) is 0 Å². The number of benzene rings is 2. The van der Waals surface area contributed by atoms with Crippen molar-refractivity contribution in [2.75, 3.05) is 13.1 Å². The van der Waals surface area contributed by atoms with Gasteiger partial charge in [0.15, 0.2) is 5.69 Å². The third-order valence-electron chi connectivity index (χ3n) is 4.96. The summed E-state index contributed by atoms with van der Waals surface area (Å²) in [5, 5.41) is 14.7. The Morgan fingerprint density at radius 3 is 2.56 bits per heavy atom. The maximum absolute atomic E-state index is 12.6. The van der Waals surface area contributed by atoms with Crippen molar-refractivity contribution in [3.63, 3.8) is 0 Å². The molecule has 0 bridgehead atoms. The van der Waals surface area contributed by atoms with Crippen molar-refractivity contribution in [2.24, 2.45) is 0 Å². The van der Waals surface area contributed by atoms with Gasteiger partial charge in [0.1, 0.15) is 0 Å². The van der Waals surface area contributed by atoms with E-state index in [0.29, 0.717) is 5.69 Å². The van der Waals surface area contributed by atoms with Crippen LogP contribution in [-0.4, -0.2) is 40.0 Å². The Hall–Kier alpha value is -2.99. The van der Waals surface area contributed by atoms with Gasteiger partial charge in [-0.3, -0.25) is 4.79 Å². The molecule has 4 rings (SSSR count). The van der Waals surface area contributed by atoms with E-state index in [-0.39, 0.29) is 11.9 Å². The molecule has 138 valence electrons. The van der Waals surface area contributed by atoms with Crippen LogP contribution in [0, 0.1) is 6.92 Å². The lowest BCUT2D eigenvalue weighted by Crippen LogP contribution is -2.45. The van der Waals surface area contributed by atoms with Crippen LogP contribution in [0.25, 0.3) is 16.8 Å². The Morgan fingerprint density at radius 2 is 1.85 bits per heavy atom. The largest absolute Gasteiger partial charge is 0.347 e. The van der Waals surface area contributed by atoms with Gasteiger partial charge in [0.05, 0.1) is 11.4 Å². The quantitative estimate of drug-likeness (QED) is 0.749. The monoisotopic (exact) mass is 361 g/mol. The van der Waals surface area contributed by atoms with Crippen molar-refractivity contribution >= 4 is 5.91 Å². The molecule has 6 nitrogen and oxygen atoms in total. The molecule has 6 heteroatoms. The smallest absolute Gasteiger partial charge is 0.274 e. The van der Waals surface area contributed by atoms with Crippen LogP contribution in [0.2, 0.25) is 0 Å². The van der Waals surface area contributed by atoms with Gasteiger partial charge in [-0.1, -0.05) is 47.7 Å². The van der Waals surface area contributed by atoms with Crippen molar-refractivity contribution < 1.29 is 4.79 Å². The molecule has 2 N–H and O–H groups in total. The molecular weight excluding hydrogens is 338 g/mol. The first-order valence-electron chi connectivity index (χ1n) is 9.32. The Balaban J connectivity index is 1.52. The van der Waals surface area contributed by atoms with Crippen molar-refractivity contribution in [2.45, 2.75) is 25.8 Å². The van der Waals surface area contributed by atoms with Gasteiger partial charge in [-0.05, 0) is 49.6 Å². The standard InChI is InChI=1S/C21H23N5O/c1-15-20(21(27)23-18-8-5-13-22-14-18)24-25-26(15)19-11-9-17(10-12-19)16-6-3-2-4-7-16/h2-4,6-7,9-12,18,22H,5,8,13-14H2,1H3,(H,23,27)/t18-/m0/s1. The Morgan fingerprint density at radius 1 is 1.11 bits per heavy atom. The lowest BCUT2D eigenvalue weighted by atomic mass is 10.1. The summed E-state index contributed by atoms with van der Waals surface area (Å²) in [5.41, 5.74) is 4.31. The van der Waals surface area contributed by atoms with Gasteiger partial charge in [0, 0.05) is 12.6 Å². The van der Waals surface area contributed by atoms with E-state index in [0.717, 1.165) is 42.9 Å². The number of aromatic nitrogens is 3. The summed E-state index contributed by atoms with van der Waals surface area (Å²) in [6, 6.07) is 18.5. The second-order valence-corrected chi connectivity index (χ2v) is 6.86. The van der Waals surface area contributed by atoms with Crippen molar-refractivity contribution in [3.8, 4) is 16.8 Å². The van der Waals surface area contributed by atoms with E-state index in [1.54, 1.807) is 4.68 Å². The predicted molar refractivity (Wildman–Crippen MR) is 105 cm³/mol. The van der Waals surface area contributed by atoms with Crippen LogP contribution in [0.3, 0.4) is 0 Å². The van der Waals surface area contributed by atoms with E-state index in [1.165, 1.54) is 5.56 Å². The fraction of sp³-hybridized carbons (Fsp3) is 0.286. The number of piperidine rings is 1. The van der Waals surface area contributed by atoms with Gasteiger partial charge in [-0.2, -0.15) is 0 Å². The third-order valence-corrected chi connectivity index (χ3v) is 4.96. The summed E-state index contributed by atoms with van der Waals surface area (Å²) < 4.78 is 1.71.